The lowest BCUT2D eigenvalue weighted by Gasteiger charge is -2.07. The Morgan fingerprint density at radius 3 is 2.81 bits per heavy atom. The predicted octanol–water partition coefficient (Wildman–Crippen LogP) is 2.26. The monoisotopic (exact) mass is 291 g/mol. The summed E-state index contributed by atoms with van der Waals surface area (Å²) in [5.74, 6) is -0.656. The molecule has 3 N–H and O–H groups in total. The number of rotatable bonds is 5. The van der Waals surface area contributed by atoms with Crippen molar-refractivity contribution in [1.82, 2.24) is 0 Å². The fourth-order valence-corrected chi connectivity index (χ4v) is 1.50. The molecule has 7 heteroatoms. The van der Waals surface area contributed by atoms with E-state index in [-0.39, 0.29) is 15.8 Å². The highest BCUT2D eigenvalue weighted by Crippen LogP contribution is 2.30. The first-order chi connectivity index (χ1) is 7.56. The molecule has 1 aromatic carbocycles. The Labute approximate surface area is 100 Å². The summed E-state index contributed by atoms with van der Waals surface area (Å²) in [5.41, 5.74) is 5.31. The molecule has 0 aliphatic rings. The number of hydrogen-bond donors (Lipinski definition) is 2. The van der Waals surface area contributed by atoms with Crippen molar-refractivity contribution in [2.75, 3.05) is 18.4 Å². The molecule has 0 unspecified atom stereocenters. The summed E-state index contributed by atoms with van der Waals surface area (Å²) >= 11 is 2.98. The summed E-state index contributed by atoms with van der Waals surface area (Å²) < 4.78 is 13.3. The first-order valence-electron chi connectivity index (χ1n) is 4.63. The van der Waals surface area contributed by atoms with Crippen LogP contribution in [0, 0.1) is 15.9 Å². The van der Waals surface area contributed by atoms with Crippen LogP contribution in [0.25, 0.3) is 0 Å². The van der Waals surface area contributed by atoms with Gasteiger partial charge in [0.25, 0.3) is 5.69 Å². The van der Waals surface area contributed by atoms with Crippen molar-refractivity contribution < 1.29 is 9.31 Å². The molecule has 0 aromatic heterocycles. The predicted molar refractivity (Wildman–Crippen MR) is 62.9 cm³/mol. The third-order valence-electron chi connectivity index (χ3n) is 1.93. The molecular weight excluding hydrogens is 281 g/mol. The van der Waals surface area contributed by atoms with Gasteiger partial charge in [-0.05, 0) is 35.0 Å². The third kappa shape index (κ3) is 3.14. The Morgan fingerprint density at radius 2 is 2.25 bits per heavy atom. The van der Waals surface area contributed by atoms with E-state index in [2.05, 4.69) is 21.2 Å². The van der Waals surface area contributed by atoms with E-state index in [9.17, 15) is 14.5 Å². The van der Waals surface area contributed by atoms with Gasteiger partial charge in [-0.25, -0.2) is 4.39 Å². The maximum Gasteiger partial charge on any atom is 0.295 e. The zero-order valence-corrected chi connectivity index (χ0v) is 9.96. The van der Waals surface area contributed by atoms with Gasteiger partial charge in [-0.2, -0.15) is 0 Å². The summed E-state index contributed by atoms with van der Waals surface area (Å²) in [4.78, 5) is 10.1. The fourth-order valence-electron chi connectivity index (χ4n) is 1.15. The van der Waals surface area contributed by atoms with Crippen molar-refractivity contribution in [3.63, 3.8) is 0 Å². The largest absolute Gasteiger partial charge is 0.379 e. The van der Waals surface area contributed by atoms with E-state index in [1.807, 2.05) is 0 Å². The Morgan fingerprint density at radius 1 is 1.56 bits per heavy atom. The number of anilines is 1. The van der Waals surface area contributed by atoms with Crippen molar-refractivity contribution in [1.29, 1.82) is 0 Å². The van der Waals surface area contributed by atoms with Crippen LogP contribution in [0.1, 0.15) is 6.42 Å². The number of nitro benzene ring substituents is 1. The number of benzene rings is 1. The summed E-state index contributed by atoms with van der Waals surface area (Å²) in [6.07, 6.45) is 0.687. The van der Waals surface area contributed by atoms with Crippen molar-refractivity contribution in [3.8, 4) is 0 Å². The lowest BCUT2D eigenvalue weighted by atomic mass is 10.2. The minimum Gasteiger partial charge on any atom is -0.379 e. The van der Waals surface area contributed by atoms with Crippen LogP contribution in [0.3, 0.4) is 0 Å². The van der Waals surface area contributed by atoms with Gasteiger partial charge in [-0.15, -0.1) is 0 Å². The smallest absolute Gasteiger partial charge is 0.295 e. The SMILES string of the molecule is NCCCNc1cc(Br)c(F)cc1[N+](=O)[O-]. The first kappa shape index (κ1) is 12.9. The second kappa shape index (κ2) is 5.76. The maximum absolute atomic E-state index is 13.1. The van der Waals surface area contributed by atoms with Crippen LogP contribution >= 0.6 is 15.9 Å². The number of nitro groups is 1. The van der Waals surface area contributed by atoms with Crippen LogP contribution < -0.4 is 11.1 Å². The van der Waals surface area contributed by atoms with Crippen LogP contribution in [0.5, 0.6) is 0 Å². The minimum atomic E-state index is -0.656. The summed E-state index contributed by atoms with van der Waals surface area (Å²) in [6.45, 7) is 0.999. The molecule has 0 atom stereocenters. The van der Waals surface area contributed by atoms with Crippen molar-refractivity contribution in [2.24, 2.45) is 5.73 Å². The highest BCUT2D eigenvalue weighted by molar-refractivity contribution is 9.10. The van der Waals surface area contributed by atoms with Gasteiger partial charge < -0.3 is 11.1 Å². The van der Waals surface area contributed by atoms with Crippen LogP contribution in [-0.4, -0.2) is 18.0 Å². The summed E-state index contributed by atoms with van der Waals surface area (Å²) in [7, 11) is 0. The second-order valence-electron chi connectivity index (χ2n) is 3.11. The van der Waals surface area contributed by atoms with Crippen LogP contribution in [-0.2, 0) is 0 Å². The molecule has 0 saturated carbocycles. The highest BCUT2D eigenvalue weighted by atomic mass is 79.9. The zero-order chi connectivity index (χ0) is 12.1. The van der Waals surface area contributed by atoms with E-state index >= 15 is 0 Å². The van der Waals surface area contributed by atoms with E-state index in [0.717, 1.165) is 6.07 Å². The number of nitrogens with two attached hydrogens (primary N) is 1. The number of nitrogens with zero attached hydrogens (tertiary/aromatic N) is 1. The van der Waals surface area contributed by atoms with Gasteiger partial charge in [0, 0.05) is 6.54 Å². The Balaban J connectivity index is 2.95. The Bertz CT molecular complexity index is 401. The quantitative estimate of drug-likeness (QED) is 0.495. The molecule has 1 rings (SSSR count). The van der Waals surface area contributed by atoms with E-state index < -0.39 is 10.7 Å². The molecule has 0 radical (unpaired) electrons. The van der Waals surface area contributed by atoms with Gasteiger partial charge in [0.1, 0.15) is 11.5 Å². The molecule has 0 aliphatic heterocycles. The van der Waals surface area contributed by atoms with Gasteiger partial charge in [-0.3, -0.25) is 10.1 Å². The lowest BCUT2D eigenvalue weighted by molar-refractivity contribution is -0.384. The van der Waals surface area contributed by atoms with E-state index in [4.69, 9.17) is 5.73 Å². The molecule has 0 amide bonds. The topological polar surface area (TPSA) is 81.2 Å². The second-order valence-corrected chi connectivity index (χ2v) is 3.96. The Hall–Kier alpha value is -1.21. The first-order valence-corrected chi connectivity index (χ1v) is 5.43. The molecule has 88 valence electrons. The fraction of sp³-hybridized carbons (Fsp3) is 0.333. The number of nitrogens with one attached hydrogen (secondary N) is 1. The molecule has 1 aromatic rings. The van der Waals surface area contributed by atoms with Crippen molar-refractivity contribution in [2.45, 2.75) is 6.42 Å². The molecule has 16 heavy (non-hydrogen) atoms. The van der Waals surface area contributed by atoms with Crippen molar-refractivity contribution >= 4 is 27.3 Å². The molecular formula is C9H11BrFN3O2. The van der Waals surface area contributed by atoms with Gasteiger partial charge in [-0.1, -0.05) is 0 Å². The lowest BCUT2D eigenvalue weighted by Crippen LogP contribution is -2.09. The van der Waals surface area contributed by atoms with Gasteiger partial charge in [0.15, 0.2) is 0 Å². The highest BCUT2D eigenvalue weighted by Gasteiger charge is 2.16. The van der Waals surface area contributed by atoms with Gasteiger partial charge in [0.05, 0.1) is 15.5 Å². The van der Waals surface area contributed by atoms with Crippen molar-refractivity contribution in [3.05, 3.63) is 32.5 Å². The maximum atomic E-state index is 13.1. The van der Waals surface area contributed by atoms with E-state index in [1.54, 1.807) is 0 Å². The standard InChI is InChI=1S/C9H11BrFN3O2/c10-6-4-8(13-3-1-2-12)9(14(15)16)5-7(6)11/h4-5,13H,1-3,12H2. The molecule has 0 bridgehead atoms. The van der Waals surface area contributed by atoms with Crippen LogP contribution in [0.2, 0.25) is 0 Å². The van der Waals surface area contributed by atoms with Crippen LogP contribution in [0.4, 0.5) is 15.8 Å². The average molecular weight is 292 g/mol. The van der Waals surface area contributed by atoms with E-state index in [1.165, 1.54) is 6.07 Å². The zero-order valence-electron chi connectivity index (χ0n) is 8.37. The van der Waals surface area contributed by atoms with Gasteiger partial charge in [0.2, 0.25) is 0 Å². The van der Waals surface area contributed by atoms with Crippen LogP contribution in [0.15, 0.2) is 16.6 Å². The average Bonchev–Trinajstić information content (AvgIpc) is 2.23. The molecule has 0 aliphatic carbocycles. The molecule has 0 saturated heterocycles. The molecule has 0 fully saturated rings. The number of halogens is 2. The normalized spacial score (nSPS) is 10.2. The molecule has 5 nitrogen and oxygen atoms in total. The summed E-state index contributed by atoms with van der Waals surface area (Å²) in [6, 6.07) is 2.23. The minimum absolute atomic E-state index is 0.188. The van der Waals surface area contributed by atoms with E-state index in [0.29, 0.717) is 19.5 Å². The van der Waals surface area contributed by atoms with Gasteiger partial charge >= 0.3 is 0 Å². The number of hydrogen-bond acceptors (Lipinski definition) is 4. The third-order valence-corrected chi connectivity index (χ3v) is 2.54. The Kier molecular flexibility index (Phi) is 4.63. The molecule has 0 spiro atoms. The molecule has 0 heterocycles. The summed E-state index contributed by atoms with van der Waals surface area (Å²) in [5, 5.41) is 13.5.